The minimum atomic E-state index is -4.36. The first kappa shape index (κ1) is 21.5. The Bertz CT molecular complexity index is 1070. The Labute approximate surface area is 182 Å². The first-order chi connectivity index (χ1) is 14.9. The molecule has 1 aliphatic heterocycles. The van der Waals surface area contributed by atoms with Crippen LogP contribution in [0.15, 0.2) is 53.7 Å². The van der Waals surface area contributed by atoms with E-state index in [9.17, 15) is 18.0 Å². The zero-order valence-corrected chi connectivity index (χ0v) is 17.9. The number of amides is 1. The fraction of sp³-hybridized carbons (Fsp3) is 0.364. The summed E-state index contributed by atoms with van der Waals surface area (Å²) in [7, 11) is 0. The van der Waals surface area contributed by atoms with E-state index < -0.39 is 11.7 Å². The Morgan fingerprint density at radius 2 is 1.81 bits per heavy atom. The molecule has 0 saturated carbocycles. The van der Waals surface area contributed by atoms with Crippen molar-refractivity contribution in [3.63, 3.8) is 0 Å². The van der Waals surface area contributed by atoms with Gasteiger partial charge < -0.3 is 14.4 Å². The zero-order valence-electron chi connectivity index (χ0n) is 17.1. The van der Waals surface area contributed by atoms with Gasteiger partial charge in [-0.3, -0.25) is 4.79 Å². The fourth-order valence-corrected chi connectivity index (χ4v) is 4.76. The van der Waals surface area contributed by atoms with Crippen LogP contribution < -0.4 is 4.90 Å². The Hall–Kier alpha value is -2.68. The topological polar surface area (TPSA) is 41.4 Å². The Morgan fingerprint density at radius 1 is 1.06 bits per heavy atom. The average molecular weight is 449 g/mol. The van der Waals surface area contributed by atoms with Crippen LogP contribution in [0, 0.1) is 0 Å². The standard InChI is InChI=1S/C22H23F3N4OS/c1-2-29-19-9-4-3-8-18(19)26-21(29)31-15-20(30)28-12-10-27(11-13-28)17-7-5-6-16(14-17)22(23,24)25/h3-9,14H,2,10-13,15H2,1H3. The second-order valence-corrected chi connectivity index (χ2v) is 8.27. The molecule has 0 bridgehead atoms. The number of halogens is 3. The molecular formula is C22H23F3N4OS. The Kier molecular flexibility index (Phi) is 6.13. The van der Waals surface area contributed by atoms with E-state index in [0.717, 1.165) is 28.8 Å². The third kappa shape index (κ3) is 4.66. The lowest BCUT2D eigenvalue weighted by molar-refractivity contribution is -0.137. The van der Waals surface area contributed by atoms with Crippen LogP contribution >= 0.6 is 11.8 Å². The number of piperazine rings is 1. The molecule has 0 N–H and O–H groups in total. The van der Waals surface area contributed by atoms with Crippen molar-refractivity contribution in [2.24, 2.45) is 0 Å². The summed E-state index contributed by atoms with van der Waals surface area (Å²) in [6.07, 6.45) is -4.36. The lowest BCUT2D eigenvalue weighted by Crippen LogP contribution is -2.49. The molecule has 0 spiro atoms. The van der Waals surface area contributed by atoms with E-state index >= 15 is 0 Å². The molecule has 0 unspecified atom stereocenters. The van der Waals surface area contributed by atoms with Crippen molar-refractivity contribution in [3.05, 3.63) is 54.1 Å². The van der Waals surface area contributed by atoms with E-state index in [1.807, 2.05) is 36.1 Å². The smallest absolute Gasteiger partial charge is 0.368 e. The van der Waals surface area contributed by atoms with Crippen LogP contribution in [0.2, 0.25) is 0 Å². The number of anilines is 1. The molecule has 4 rings (SSSR count). The number of imidazole rings is 1. The molecule has 164 valence electrons. The van der Waals surface area contributed by atoms with E-state index in [1.165, 1.54) is 23.9 Å². The predicted molar refractivity (Wildman–Crippen MR) is 116 cm³/mol. The number of aromatic nitrogens is 2. The molecule has 0 radical (unpaired) electrons. The highest BCUT2D eigenvalue weighted by molar-refractivity contribution is 7.99. The van der Waals surface area contributed by atoms with Gasteiger partial charge in [0.05, 0.1) is 22.3 Å². The number of hydrogen-bond donors (Lipinski definition) is 0. The second-order valence-electron chi connectivity index (χ2n) is 7.33. The SMILES string of the molecule is CCn1c(SCC(=O)N2CCN(c3cccc(C(F)(F)F)c3)CC2)nc2ccccc21. The number of hydrogen-bond acceptors (Lipinski definition) is 4. The minimum absolute atomic E-state index is 0.0170. The molecule has 1 saturated heterocycles. The van der Waals surface area contributed by atoms with Gasteiger partial charge in [-0.15, -0.1) is 0 Å². The lowest BCUT2D eigenvalue weighted by atomic mass is 10.1. The lowest BCUT2D eigenvalue weighted by Gasteiger charge is -2.36. The van der Waals surface area contributed by atoms with E-state index in [0.29, 0.717) is 31.9 Å². The van der Waals surface area contributed by atoms with Gasteiger partial charge in [0.2, 0.25) is 5.91 Å². The van der Waals surface area contributed by atoms with E-state index in [2.05, 4.69) is 9.55 Å². The number of para-hydroxylation sites is 2. The zero-order chi connectivity index (χ0) is 22.0. The van der Waals surface area contributed by atoms with Crippen molar-refractivity contribution < 1.29 is 18.0 Å². The summed E-state index contributed by atoms with van der Waals surface area (Å²) in [5.41, 5.74) is 1.84. The average Bonchev–Trinajstić information content (AvgIpc) is 3.14. The normalized spacial score (nSPS) is 15.0. The number of rotatable bonds is 5. The number of benzene rings is 2. The van der Waals surface area contributed by atoms with Crippen molar-refractivity contribution in [2.45, 2.75) is 24.8 Å². The van der Waals surface area contributed by atoms with Crippen LogP contribution in [0.3, 0.4) is 0 Å². The van der Waals surface area contributed by atoms with Crippen LogP contribution in [-0.2, 0) is 17.5 Å². The maximum absolute atomic E-state index is 13.0. The largest absolute Gasteiger partial charge is 0.416 e. The summed E-state index contributed by atoms with van der Waals surface area (Å²) in [5.74, 6) is 0.302. The highest BCUT2D eigenvalue weighted by Crippen LogP contribution is 2.32. The van der Waals surface area contributed by atoms with Crippen LogP contribution in [-0.4, -0.2) is 52.3 Å². The van der Waals surface area contributed by atoms with Crippen LogP contribution in [0.5, 0.6) is 0 Å². The summed E-state index contributed by atoms with van der Waals surface area (Å²) in [5, 5.41) is 0.819. The number of fused-ring (bicyclic) bond motifs is 1. The van der Waals surface area contributed by atoms with Gasteiger partial charge in [-0.25, -0.2) is 4.98 Å². The second kappa shape index (κ2) is 8.82. The summed E-state index contributed by atoms with van der Waals surface area (Å²) < 4.78 is 41.0. The summed E-state index contributed by atoms with van der Waals surface area (Å²) in [4.78, 5) is 21.0. The summed E-state index contributed by atoms with van der Waals surface area (Å²) in [6.45, 7) is 4.80. The molecule has 2 heterocycles. The minimum Gasteiger partial charge on any atom is -0.368 e. The van der Waals surface area contributed by atoms with Gasteiger partial charge in [0.1, 0.15) is 0 Å². The van der Waals surface area contributed by atoms with Crippen LogP contribution in [0.25, 0.3) is 11.0 Å². The van der Waals surface area contributed by atoms with E-state index in [-0.39, 0.29) is 11.7 Å². The molecule has 1 aliphatic rings. The molecule has 3 aromatic rings. The van der Waals surface area contributed by atoms with Gasteiger partial charge in [-0.1, -0.05) is 30.0 Å². The molecule has 5 nitrogen and oxygen atoms in total. The van der Waals surface area contributed by atoms with Gasteiger partial charge in [-0.05, 0) is 37.3 Å². The fourth-order valence-electron chi connectivity index (χ4n) is 3.78. The van der Waals surface area contributed by atoms with Gasteiger partial charge >= 0.3 is 6.18 Å². The third-order valence-electron chi connectivity index (χ3n) is 5.43. The molecule has 1 amide bonds. The quantitative estimate of drug-likeness (QED) is 0.539. The van der Waals surface area contributed by atoms with Gasteiger partial charge in [0.25, 0.3) is 0 Å². The van der Waals surface area contributed by atoms with Gasteiger partial charge in [0.15, 0.2) is 5.16 Å². The number of carbonyl (C=O) groups is 1. The predicted octanol–water partition coefficient (Wildman–Crippen LogP) is 4.52. The van der Waals surface area contributed by atoms with Crippen molar-refractivity contribution >= 4 is 34.4 Å². The molecule has 2 aromatic carbocycles. The number of thioether (sulfide) groups is 1. The van der Waals surface area contributed by atoms with E-state index in [1.54, 1.807) is 11.0 Å². The Morgan fingerprint density at radius 3 is 2.52 bits per heavy atom. The Balaban J connectivity index is 1.35. The maximum Gasteiger partial charge on any atom is 0.416 e. The van der Waals surface area contributed by atoms with E-state index in [4.69, 9.17) is 0 Å². The molecule has 1 fully saturated rings. The van der Waals surface area contributed by atoms with Crippen molar-refractivity contribution in [3.8, 4) is 0 Å². The third-order valence-corrected chi connectivity index (χ3v) is 6.39. The van der Waals surface area contributed by atoms with Crippen molar-refractivity contribution in [1.82, 2.24) is 14.5 Å². The molecule has 0 atom stereocenters. The first-order valence-electron chi connectivity index (χ1n) is 10.1. The van der Waals surface area contributed by atoms with Crippen molar-refractivity contribution in [1.29, 1.82) is 0 Å². The molecule has 0 aliphatic carbocycles. The monoisotopic (exact) mass is 448 g/mol. The molecule has 1 aromatic heterocycles. The highest BCUT2D eigenvalue weighted by atomic mass is 32.2. The molecular weight excluding hydrogens is 425 g/mol. The summed E-state index contributed by atoms with van der Waals surface area (Å²) in [6, 6.07) is 13.2. The van der Waals surface area contributed by atoms with Crippen molar-refractivity contribution in [2.75, 3.05) is 36.8 Å². The van der Waals surface area contributed by atoms with Gasteiger partial charge in [-0.2, -0.15) is 13.2 Å². The first-order valence-corrected chi connectivity index (χ1v) is 11.1. The molecule has 31 heavy (non-hydrogen) atoms. The number of aryl methyl sites for hydroxylation is 1. The highest BCUT2D eigenvalue weighted by Gasteiger charge is 2.31. The number of carbonyl (C=O) groups excluding carboxylic acids is 1. The number of nitrogens with zero attached hydrogens (tertiary/aromatic N) is 4. The number of alkyl halides is 3. The summed E-state index contributed by atoms with van der Waals surface area (Å²) >= 11 is 1.42. The molecule has 9 heteroatoms. The van der Waals surface area contributed by atoms with Crippen LogP contribution in [0.4, 0.5) is 18.9 Å². The maximum atomic E-state index is 13.0. The van der Waals surface area contributed by atoms with Crippen LogP contribution in [0.1, 0.15) is 12.5 Å². The van der Waals surface area contributed by atoms with Gasteiger partial charge in [0, 0.05) is 38.4 Å².